The van der Waals surface area contributed by atoms with Crippen LogP contribution in [-0.4, -0.2) is 41.3 Å². The van der Waals surface area contributed by atoms with Gasteiger partial charge in [-0.15, -0.1) is 0 Å². The fraction of sp³-hybridized carbons (Fsp3) is 0.917. The van der Waals surface area contributed by atoms with E-state index in [9.17, 15) is 9.90 Å². The van der Waals surface area contributed by atoms with E-state index in [2.05, 4.69) is 58.9 Å². The summed E-state index contributed by atoms with van der Waals surface area (Å²) >= 11 is 0. The van der Waals surface area contributed by atoms with Crippen molar-refractivity contribution in [3.8, 4) is 0 Å². The lowest BCUT2D eigenvalue weighted by molar-refractivity contribution is -0.138. The zero-order valence-electron chi connectivity index (χ0n) is 13.5. The van der Waals surface area contributed by atoms with Crippen molar-refractivity contribution in [2.24, 2.45) is 5.73 Å². The van der Waals surface area contributed by atoms with Crippen LogP contribution in [0.3, 0.4) is 0 Å². The van der Waals surface area contributed by atoms with Crippen molar-refractivity contribution in [1.29, 1.82) is 0 Å². The molecule has 0 aromatic heterocycles. The van der Waals surface area contributed by atoms with Gasteiger partial charge in [0, 0.05) is 24.2 Å². The molecule has 6 heteroatoms. The van der Waals surface area contributed by atoms with Gasteiger partial charge in [0.15, 0.2) is 0 Å². The Hall–Kier alpha value is 0.0806. The summed E-state index contributed by atoms with van der Waals surface area (Å²) in [4.78, 5) is 11.6. The van der Waals surface area contributed by atoms with Crippen LogP contribution >= 0.6 is 0 Å². The van der Waals surface area contributed by atoms with Gasteiger partial charge in [0.05, 0.1) is 0 Å². The molecule has 3 nitrogen and oxygen atoms in total. The zero-order chi connectivity index (χ0) is 15.2. The van der Waals surface area contributed by atoms with Gasteiger partial charge in [-0.25, -0.2) is 0 Å². The maximum Gasteiger partial charge on any atom is 0.320 e. The molecule has 0 aliphatic rings. The first kappa shape index (κ1) is 18.1. The van der Waals surface area contributed by atoms with Crippen LogP contribution in [0.5, 0.6) is 0 Å². The van der Waals surface area contributed by atoms with Crippen molar-refractivity contribution in [2.75, 3.05) is 0 Å². The van der Waals surface area contributed by atoms with E-state index in [1.165, 1.54) is 0 Å². The predicted octanol–water partition coefficient (Wildman–Crippen LogP) is 3.23. The van der Waals surface area contributed by atoms with Gasteiger partial charge < -0.3 is 10.8 Å². The molecule has 108 valence electrons. The topological polar surface area (TPSA) is 63.3 Å². The Morgan fingerprint density at radius 3 is 1.17 bits per heavy atom. The second-order valence-electron chi connectivity index (χ2n) is 8.37. The monoisotopic (exact) mass is 305 g/mol. The second kappa shape index (κ2) is 4.88. The van der Waals surface area contributed by atoms with E-state index in [-0.39, 0.29) is 4.28 Å². The molecule has 0 aliphatic carbocycles. The number of carboxylic acid groups (broad SMARTS) is 1. The van der Waals surface area contributed by atoms with Crippen LogP contribution in [0.4, 0.5) is 0 Å². The average Bonchev–Trinajstić information content (AvgIpc) is 1.94. The van der Waals surface area contributed by atoms with E-state index >= 15 is 0 Å². The fourth-order valence-corrected chi connectivity index (χ4v) is 35.1. The molecule has 18 heavy (non-hydrogen) atoms. The van der Waals surface area contributed by atoms with E-state index < -0.39 is 36.2 Å². The molecule has 1 atom stereocenters. The lowest BCUT2D eigenvalue weighted by Crippen LogP contribution is -2.73. The number of hydrogen-bond donors (Lipinski definition) is 2. The lowest BCUT2D eigenvalue weighted by atomic mass is 10.3. The summed E-state index contributed by atoms with van der Waals surface area (Å²) in [7, 11) is -5.15. The van der Waals surface area contributed by atoms with Crippen molar-refractivity contribution >= 4 is 30.2 Å². The number of rotatable bonds is 5. The van der Waals surface area contributed by atoms with E-state index in [1.807, 2.05) is 0 Å². The Bertz CT molecular complexity index is 288. The van der Waals surface area contributed by atoms with Gasteiger partial charge in [-0.2, -0.15) is 0 Å². The number of hydrogen-bond acceptors (Lipinski definition) is 2. The Balaban J connectivity index is 6.36. The molecule has 3 N–H and O–H groups in total. The highest BCUT2D eigenvalue weighted by atomic mass is 28.5. The normalized spacial score (nSPS) is 16.6. The highest BCUT2D eigenvalue weighted by Gasteiger charge is 2.64. The molecular formula is C12H31NO2Si3. The minimum absolute atomic E-state index is 0.112. The molecule has 0 radical (unpaired) electrons. The molecular weight excluding hydrogens is 274 g/mol. The summed E-state index contributed by atoms with van der Waals surface area (Å²) in [6.07, 6.45) is 0. The largest absolute Gasteiger partial charge is 0.480 e. The summed E-state index contributed by atoms with van der Waals surface area (Å²) in [5, 5.41) is 9.55. The van der Waals surface area contributed by atoms with Gasteiger partial charge in [-0.3, -0.25) is 4.79 Å². The van der Waals surface area contributed by atoms with Crippen LogP contribution in [0.2, 0.25) is 63.2 Å². The van der Waals surface area contributed by atoms with E-state index in [0.717, 1.165) is 0 Å². The lowest BCUT2D eigenvalue weighted by Gasteiger charge is -2.60. The van der Waals surface area contributed by atoms with Crippen LogP contribution in [-0.2, 0) is 4.79 Å². The Kier molecular flexibility index (Phi) is 4.90. The highest BCUT2D eigenvalue weighted by molar-refractivity contribution is 7.15. The number of aliphatic carboxylic acids is 1. The smallest absolute Gasteiger partial charge is 0.320 e. The summed E-state index contributed by atoms with van der Waals surface area (Å²) in [6.45, 7) is 20.7. The molecule has 0 fully saturated rings. The zero-order valence-corrected chi connectivity index (χ0v) is 16.5. The standard InChI is InChI=1S/C12H31NO2Si3/c1-16(2,3)12(17(4,5)6,18(7,8)9)10(13)11(14)15/h10H,13H2,1-9H3,(H,14,15)/t10-/m1/s1. The first-order valence-corrected chi connectivity index (χ1v) is 17.1. The first-order valence-electron chi connectivity index (χ1n) is 6.59. The van der Waals surface area contributed by atoms with E-state index in [4.69, 9.17) is 5.73 Å². The summed E-state index contributed by atoms with van der Waals surface area (Å²) in [5.74, 6) is -0.817. The van der Waals surface area contributed by atoms with Gasteiger partial charge in [-0.05, 0) is 4.28 Å². The van der Waals surface area contributed by atoms with Crippen molar-refractivity contribution < 1.29 is 9.90 Å². The van der Waals surface area contributed by atoms with Gasteiger partial charge in [0.1, 0.15) is 6.04 Å². The van der Waals surface area contributed by atoms with Gasteiger partial charge in [0.25, 0.3) is 0 Å². The Labute approximate surface area is 115 Å². The molecule has 0 spiro atoms. The van der Waals surface area contributed by atoms with Crippen LogP contribution in [0.25, 0.3) is 0 Å². The van der Waals surface area contributed by atoms with Gasteiger partial charge in [-0.1, -0.05) is 58.9 Å². The van der Waals surface area contributed by atoms with Crippen molar-refractivity contribution in [3.05, 3.63) is 0 Å². The van der Waals surface area contributed by atoms with Crippen molar-refractivity contribution in [2.45, 2.75) is 69.2 Å². The summed E-state index contributed by atoms with van der Waals surface area (Å²) in [6, 6.07) is -0.706. The number of nitrogens with two attached hydrogens (primary N) is 1. The van der Waals surface area contributed by atoms with E-state index in [1.54, 1.807) is 0 Å². The van der Waals surface area contributed by atoms with Crippen molar-refractivity contribution in [1.82, 2.24) is 0 Å². The molecule has 0 heterocycles. The third-order valence-corrected chi connectivity index (χ3v) is 25.8. The molecule has 0 bridgehead atoms. The van der Waals surface area contributed by atoms with Crippen LogP contribution in [0, 0.1) is 0 Å². The third kappa shape index (κ3) is 2.66. The van der Waals surface area contributed by atoms with E-state index in [0.29, 0.717) is 0 Å². The SMILES string of the molecule is C[Si](C)(C)C([C@H](N)C(=O)O)([Si](C)(C)C)[Si](C)(C)C. The predicted molar refractivity (Wildman–Crippen MR) is 88.3 cm³/mol. The highest BCUT2D eigenvalue weighted by Crippen LogP contribution is 2.55. The third-order valence-electron chi connectivity index (χ3n) is 4.28. The first-order chi connectivity index (χ1) is 7.60. The number of carbonyl (C=O) groups is 1. The minimum atomic E-state index is -1.72. The van der Waals surface area contributed by atoms with Crippen LogP contribution in [0.1, 0.15) is 0 Å². The van der Waals surface area contributed by atoms with Crippen LogP contribution in [0.15, 0.2) is 0 Å². The molecule has 0 aromatic rings. The maximum absolute atomic E-state index is 11.6. The quantitative estimate of drug-likeness (QED) is 0.767. The van der Waals surface area contributed by atoms with Gasteiger partial charge >= 0.3 is 5.97 Å². The van der Waals surface area contributed by atoms with Gasteiger partial charge in [0.2, 0.25) is 0 Å². The molecule has 0 saturated carbocycles. The molecule has 0 aliphatic heterocycles. The summed E-state index contributed by atoms with van der Waals surface area (Å²) < 4.78 is -0.112. The number of carboxylic acids is 1. The molecule has 0 unspecified atom stereocenters. The maximum atomic E-state index is 11.6. The minimum Gasteiger partial charge on any atom is -0.480 e. The molecule has 0 saturated heterocycles. The summed E-state index contributed by atoms with van der Waals surface area (Å²) in [5.41, 5.74) is 6.26. The molecule has 0 amide bonds. The second-order valence-corrected chi connectivity index (χ2v) is 25.7. The molecule has 0 rings (SSSR count). The van der Waals surface area contributed by atoms with Crippen molar-refractivity contribution in [3.63, 3.8) is 0 Å². The fourth-order valence-electron chi connectivity index (χ4n) is 4.96. The Morgan fingerprint density at radius 1 is 0.889 bits per heavy atom. The van der Waals surface area contributed by atoms with Crippen LogP contribution < -0.4 is 5.73 Å². The average molecular weight is 306 g/mol. The Morgan fingerprint density at radius 2 is 1.11 bits per heavy atom. The molecule has 0 aromatic carbocycles.